The number of carbonyl (C=O) groups excluding carboxylic acids is 1. The molecule has 1 saturated heterocycles. The summed E-state index contributed by atoms with van der Waals surface area (Å²) < 4.78 is 15.3. The molecule has 0 radical (unpaired) electrons. The van der Waals surface area contributed by atoms with Crippen molar-refractivity contribution in [2.45, 2.75) is 51.5 Å². The zero-order valence-electron chi connectivity index (χ0n) is 22.9. The van der Waals surface area contributed by atoms with Gasteiger partial charge in [-0.05, 0) is 52.1 Å². The van der Waals surface area contributed by atoms with Gasteiger partial charge < -0.3 is 24.5 Å². The number of carbonyl (C=O) groups is 1. The molecule has 1 aliphatic heterocycles. The first kappa shape index (κ1) is 26.9. The molecule has 4 aromatic carbocycles. The molecular formula is C34H33N3O4. The van der Waals surface area contributed by atoms with Crippen molar-refractivity contribution >= 4 is 16.9 Å². The van der Waals surface area contributed by atoms with Gasteiger partial charge in [0.1, 0.15) is 0 Å². The minimum atomic E-state index is -0.562. The van der Waals surface area contributed by atoms with Gasteiger partial charge in [0.2, 0.25) is 5.91 Å². The van der Waals surface area contributed by atoms with Gasteiger partial charge in [0.15, 0.2) is 6.29 Å². The van der Waals surface area contributed by atoms with E-state index in [1.54, 1.807) is 0 Å². The maximum atomic E-state index is 11.4. The van der Waals surface area contributed by atoms with E-state index in [4.69, 9.17) is 9.47 Å². The van der Waals surface area contributed by atoms with Crippen LogP contribution in [0.4, 0.5) is 0 Å². The molecule has 7 heteroatoms. The number of fused-ring (bicyclic) bond motifs is 1. The lowest BCUT2D eigenvalue weighted by molar-refractivity contribution is -0.252. The van der Waals surface area contributed by atoms with Crippen molar-refractivity contribution in [3.63, 3.8) is 0 Å². The Balaban J connectivity index is 1.29. The van der Waals surface area contributed by atoms with Crippen molar-refractivity contribution in [1.82, 2.24) is 14.9 Å². The quantitative estimate of drug-likeness (QED) is 0.246. The van der Waals surface area contributed by atoms with E-state index in [1.165, 1.54) is 6.92 Å². The van der Waals surface area contributed by atoms with Gasteiger partial charge in [0, 0.05) is 25.5 Å². The fraction of sp³-hybridized carbons (Fsp3) is 0.235. The molecule has 208 valence electrons. The first-order valence-corrected chi connectivity index (χ1v) is 13.9. The lowest BCUT2D eigenvalue weighted by atomic mass is 9.98. The third-order valence-electron chi connectivity index (χ3n) is 7.50. The number of nitrogens with zero attached hydrogens (tertiary/aromatic N) is 2. The molecule has 2 heterocycles. The zero-order chi connectivity index (χ0) is 28.2. The number of ether oxygens (including phenoxy) is 2. The maximum Gasteiger partial charge on any atom is 0.217 e. The van der Waals surface area contributed by atoms with Crippen molar-refractivity contribution in [1.29, 1.82) is 0 Å². The second kappa shape index (κ2) is 12.1. The predicted molar refractivity (Wildman–Crippen MR) is 158 cm³/mol. The van der Waals surface area contributed by atoms with Crippen LogP contribution in [0.5, 0.6) is 0 Å². The van der Waals surface area contributed by atoms with Crippen LogP contribution in [0, 0.1) is 0 Å². The highest BCUT2D eigenvalue weighted by atomic mass is 16.7. The van der Waals surface area contributed by atoms with E-state index in [9.17, 15) is 9.90 Å². The van der Waals surface area contributed by atoms with E-state index >= 15 is 0 Å². The number of rotatable bonds is 8. The van der Waals surface area contributed by atoms with Crippen LogP contribution < -0.4 is 5.32 Å². The Hall–Kier alpha value is -4.30. The minimum Gasteiger partial charge on any atom is -0.392 e. The Labute approximate surface area is 239 Å². The standard InChI is InChI=1S/C34H33N3O4/c1-23(39)35-19-25-6-4-7-27(16-25)28-8-5-9-29(17-28)34-40-30(20-37-22-36-31-10-2-3-11-32(31)37)18-33(41-34)26-14-12-24(21-38)13-15-26/h2-17,22,30,33-34,38H,18-21H2,1H3,(H,35,39)/t30-,33+,34+/m1/s1. The number of hydrogen-bond acceptors (Lipinski definition) is 5. The van der Waals surface area contributed by atoms with Crippen LogP contribution in [-0.4, -0.2) is 26.7 Å². The molecule has 0 bridgehead atoms. The summed E-state index contributed by atoms with van der Waals surface area (Å²) in [6.07, 6.45) is 1.71. The number of aliphatic hydroxyl groups is 1. The van der Waals surface area contributed by atoms with E-state index in [-0.39, 0.29) is 24.7 Å². The van der Waals surface area contributed by atoms with Crippen molar-refractivity contribution < 1.29 is 19.4 Å². The Bertz CT molecular complexity index is 1650. The number of hydrogen-bond donors (Lipinski definition) is 2. The summed E-state index contributed by atoms with van der Waals surface area (Å²) in [4.78, 5) is 16.0. The van der Waals surface area contributed by atoms with Crippen molar-refractivity contribution in [3.05, 3.63) is 126 Å². The second-order valence-corrected chi connectivity index (χ2v) is 10.5. The number of aromatic nitrogens is 2. The summed E-state index contributed by atoms with van der Waals surface area (Å²) >= 11 is 0. The van der Waals surface area contributed by atoms with Crippen LogP contribution in [0.1, 0.15) is 48.0 Å². The van der Waals surface area contributed by atoms with E-state index in [0.29, 0.717) is 19.5 Å². The average molecular weight is 548 g/mol. The Morgan fingerprint density at radius 3 is 2.49 bits per heavy atom. The fourth-order valence-corrected chi connectivity index (χ4v) is 5.36. The fourth-order valence-electron chi connectivity index (χ4n) is 5.36. The van der Waals surface area contributed by atoms with Crippen LogP contribution in [0.25, 0.3) is 22.2 Å². The van der Waals surface area contributed by atoms with Crippen LogP contribution in [0.15, 0.2) is 103 Å². The monoisotopic (exact) mass is 547 g/mol. The molecule has 0 saturated carbocycles. The highest BCUT2D eigenvalue weighted by molar-refractivity contribution is 5.75. The van der Waals surface area contributed by atoms with E-state index in [2.05, 4.69) is 45.2 Å². The van der Waals surface area contributed by atoms with Crippen LogP contribution in [-0.2, 0) is 34.0 Å². The highest BCUT2D eigenvalue weighted by Gasteiger charge is 2.32. The molecule has 0 aliphatic carbocycles. The average Bonchev–Trinajstić information content (AvgIpc) is 3.42. The number of benzene rings is 4. The number of amides is 1. The molecule has 1 fully saturated rings. The summed E-state index contributed by atoms with van der Waals surface area (Å²) in [5.74, 6) is -0.0530. The van der Waals surface area contributed by atoms with Gasteiger partial charge in [0.25, 0.3) is 0 Å². The molecule has 0 unspecified atom stereocenters. The lowest BCUT2D eigenvalue weighted by Crippen LogP contribution is -2.32. The van der Waals surface area contributed by atoms with Gasteiger partial charge in [-0.25, -0.2) is 4.98 Å². The third-order valence-corrected chi connectivity index (χ3v) is 7.50. The molecule has 1 aromatic heterocycles. The smallest absolute Gasteiger partial charge is 0.217 e. The predicted octanol–water partition coefficient (Wildman–Crippen LogP) is 6.08. The molecule has 2 N–H and O–H groups in total. The topological polar surface area (TPSA) is 85.6 Å². The molecule has 5 aromatic rings. The second-order valence-electron chi connectivity index (χ2n) is 10.5. The van der Waals surface area contributed by atoms with E-state index in [1.807, 2.05) is 73.1 Å². The summed E-state index contributed by atoms with van der Waals surface area (Å²) in [6.45, 7) is 2.66. The van der Waals surface area contributed by atoms with Crippen molar-refractivity contribution in [2.24, 2.45) is 0 Å². The summed E-state index contributed by atoms with van der Waals surface area (Å²) in [7, 11) is 0. The Morgan fingerprint density at radius 1 is 0.902 bits per heavy atom. The SMILES string of the molecule is CC(=O)NCc1cccc(-c2cccc([C@H]3O[C@@H](Cn4cnc5ccccc54)C[C@@H](c4ccc(CO)cc4)O3)c2)c1. The van der Waals surface area contributed by atoms with Crippen LogP contribution in [0.3, 0.4) is 0 Å². The van der Waals surface area contributed by atoms with E-state index < -0.39 is 6.29 Å². The van der Waals surface area contributed by atoms with Crippen LogP contribution in [0.2, 0.25) is 0 Å². The van der Waals surface area contributed by atoms with Gasteiger partial charge in [0.05, 0.1) is 42.7 Å². The number of nitrogens with one attached hydrogen (secondary N) is 1. The molecule has 1 aliphatic rings. The normalized spacial score (nSPS) is 18.8. The Morgan fingerprint density at radius 2 is 1.68 bits per heavy atom. The van der Waals surface area contributed by atoms with Gasteiger partial charge in [-0.2, -0.15) is 0 Å². The number of para-hydroxylation sites is 2. The molecule has 41 heavy (non-hydrogen) atoms. The summed E-state index contributed by atoms with van der Waals surface area (Å²) in [5, 5.41) is 12.4. The molecular weight excluding hydrogens is 514 g/mol. The summed E-state index contributed by atoms with van der Waals surface area (Å²) in [6, 6.07) is 32.5. The summed E-state index contributed by atoms with van der Waals surface area (Å²) in [5.41, 5.74) is 8.03. The van der Waals surface area contributed by atoms with Crippen molar-refractivity contribution in [2.75, 3.05) is 0 Å². The number of aliphatic hydroxyl groups excluding tert-OH is 1. The first-order chi connectivity index (χ1) is 20.1. The molecule has 1 amide bonds. The molecule has 3 atom stereocenters. The molecule has 7 nitrogen and oxygen atoms in total. The van der Waals surface area contributed by atoms with Crippen molar-refractivity contribution in [3.8, 4) is 11.1 Å². The zero-order valence-corrected chi connectivity index (χ0v) is 22.9. The molecule has 0 spiro atoms. The Kier molecular flexibility index (Phi) is 7.91. The largest absolute Gasteiger partial charge is 0.392 e. The minimum absolute atomic E-state index is 0.00662. The maximum absolute atomic E-state index is 11.4. The van der Waals surface area contributed by atoms with Gasteiger partial charge in [-0.1, -0.05) is 72.8 Å². The molecule has 6 rings (SSSR count). The van der Waals surface area contributed by atoms with E-state index in [0.717, 1.165) is 44.4 Å². The lowest BCUT2D eigenvalue weighted by Gasteiger charge is -2.36. The van der Waals surface area contributed by atoms with Gasteiger partial charge in [-0.3, -0.25) is 4.79 Å². The first-order valence-electron chi connectivity index (χ1n) is 13.9. The van der Waals surface area contributed by atoms with Gasteiger partial charge >= 0.3 is 0 Å². The third kappa shape index (κ3) is 6.23. The van der Waals surface area contributed by atoms with Gasteiger partial charge in [-0.15, -0.1) is 0 Å². The highest BCUT2D eigenvalue weighted by Crippen LogP contribution is 2.39. The number of imidazole rings is 1. The van der Waals surface area contributed by atoms with Crippen LogP contribution >= 0.6 is 0 Å².